The number of fused-ring (bicyclic) bond motifs is 1. The number of methoxy groups -OCH3 is 1. The molecule has 0 radical (unpaired) electrons. The van der Waals surface area contributed by atoms with Gasteiger partial charge in [-0.3, -0.25) is 14.4 Å². The monoisotopic (exact) mass is 555 g/mol. The summed E-state index contributed by atoms with van der Waals surface area (Å²) in [6, 6.07) is 18.1. The fourth-order valence-corrected chi connectivity index (χ4v) is 6.61. The van der Waals surface area contributed by atoms with Crippen LogP contribution in [0.1, 0.15) is 22.2 Å². The third-order valence-corrected chi connectivity index (χ3v) is 8.70. The van der Waals surface area contributed by atoms with E-state index >= 15 is 0 Å². The Morgan fingerprint density at radius 2 is 1.93 bits per heavy atom. The molecule has 5 aromatic rings. The first-order chi connectivity index (χ1) is 19.5. The van der Waals surface area contributed by atoms with Crippen LogP contribution in [0.3, 0.4) is 0 Å². The van der Waals surface area contributed by atoms with Crippen LogP contribution in [0.15, 0.2) is 67.0 Å². The van der Waals surface area contributed by atoms with E-state index in [1.807, 2.05) is 79.6 Å². The summed E-state index contributed by atoms with van der Waals surface area (Å²) in [5.74, 6) is 0.0897. The third kappa shape index (κ3) is 5.30. The molecule has 1 aliphatic heterocycles. The Morgan fingerprint density at radius 1 is 1.12 bits per heavy atom. The molecular formula is C30H33N7O2S. The summed E-state index contributed by atoms with van der Waals surface area (Å²) in [7, 11) is 3.61. The highest BCUT2D eigenvalue weighted by Gasteiger charge is 2.37. The SMILES string of the molecule is COCCN1C[C@@H](NC(=O)Cc2c(C)c(-c3cnn(C)c3)nn2-c2ccccc2)[C@H](c2nc3ccccc3s2)C1. The molecule has 6 rings (SSSR count). The second-order valence-electron chi connectivity index (χ2n) is 10.3. The van der Waals surface area contributed by atoms with Crippen molar-refractivity contribution in [1.29, 1.82) is 0 Å². The maximum atomic E-state index is 13.7. The highest BCUT2D eigenvalue weighted by molar-refractivity contribution is 7.18. The number of amides is 1. The van der Waals surface area contributed by atoms with Crippen LogP contribution in [0.2, 0.25) is 0 Å². The molecule has 1 fully saturated rings. The number of hydrogen-bond donors (Lipinski definition) is 1. The minimum atomic E-state index is -0.0453. The predicted molar refractivity (Wildman–Crippen MR) is 157 cm³/mol. The third-order valence-electron chi connectivity index (χ3n) is 7.53. The van der Waals surface area contributed by atoms with E-state index in [9.17, 15) is 4.79 Å². The second kappa shape index (κ2) is 11.3. The minimum Gasteiger partial charge on any atom is -0.383 e. The van der Waals surface area contributed by atoms with Crippen LogP contribution in [0, 0.1) is 6.92 Å². The minimum absolute atomic E-state index is 0.0254. The van der Waals surface area contributed by atoms with Crippen molar-refractivity contribution in [2.45, 2.75) is 25.3 Å². The van der Waals surface area contributed by atoms with Gasteiger partial charge in [-0.2, -0.15) is 10.2 Å². The molecule has 1 amide bonds. The summed E-state index contributed by atoms with van der Waals surface area (Å²) < 4.78 is 10.2. The summed E-state index contributed by atoms with van der Waals surface area (Å²) >= 11 is 1.72. The van der Waals surface area contributed by atoms with Gasteiger partial charge >= 0.3 is 0 Å². The Bertz CT molecular complexity index is 1590. The molecule has 2 aromatic carbocycles. The second-order valence-corrected chi connectivity index (χ2v) is 11.4. The normalized spacial score (nSPS) is 17.6. The van der Waals surface area contributed by atoms with Gasteiger partial charge in [0.2, 0.25) is 5.91 Å². The zero-order valence-electron chi connectivity index (χ0n) is 22.9. The van der Waals surface area contributed by atoms with Crippen molar-refractivity contribution in [3.63, 3.8) is 0 Å². The van der Waals surface area contributed by atoms with Gasteiger partial charge in [0.1, 0.15) is 5.01 Å². The average molecular weight is 556 g/mol. The molecule has 2 atom stereocenters. The number of likely N-dealkylation sites (tertiary alicyclic amines) is 1. The quantitative estimate of drug-likeness (QED) is 0.296. The van der Waals surface area contributed by atoms with E-state index in [1.54, 1.807) is 23.1 Å². The number of hydrogen-bond acceptors (Lipinski definition) is 7. The Hall–Kier alpha value is -3.86. The Balaban J connectivity index is 1.28. The van der Waals surface area contributed by atoms with Gasteiger partial charge in [-0.05, 0) is 36.8 Å². The molecular weight excluding hydrogens is 522 g/mol. The number of ether oxygens (including phenoxy) is 1. The first-order valence-electron chi connectivity index (χ1n) is 13.5. The summed E-state index contributed by atoms with van der Waals surface area (Å²) in [6.07, 6.45) is 3.98. The molecule has 0 unspecified atom stereocenters. The lowest BCUT2D eigenvalue weighted by molar-refractivity contribution is -0.121. The number of aromatic nitrogens is 5. The van der Waals surface area contributed by atoms with E-state index in [0.29, 0.717) is 6.61 Å². The van der Waals surface area contributed by atoms with E-state index in [1.165, 1.54) is 4.70 Å². The van der Waals surface area contributed by atoms with Crippen molar-refractivity contribution in [3.8, 4) is 16.9 Å². The number of aryl methyl sites for hydroxylation is 1. The predicted octanol–water partition coefficient (Wildman–Crippen LogP) is 3.96. The number of nitrogens with one attached hydrogen (secondary N) is 1. The van der Waals surface area contributed by atoms with Crippen molar-refractivity contribution in [3.05, 3.63) is 83.3 Å². The molecule has 1 N–H and O–H groups in total. The highest BCUT2D eigenvalue weighted by Crippen LogP contribution is 2.34. The molecule has 0 aliphatic carbocycles. The number of carbonyl (C=O) groups is 1. The van der Waals surface area contributed by atoms with Crippen molar-refractivity contribution < 1.29 is 9.53 Å². The van der Waals surface area contributed by atoms with Gasteiger partial charge in [-0.25, -0.2) is 9.67 Å². The molecule has 206 valence electrons. The lowest BCUT2D eigenvalue weighted by Crippen LogP contribution is -2.41. The fraction of sp³-hybridized carbons (Fsp3) is 0.333. The van der Waals surface area contributed by atoms with Crippen LogP contribution in [0.4, 0.5) is 0 Å². The van der Waals surface area contributed by atoms with Gasteiger partial charge in [0.05, 0.1) is 52.6 Å². The Labute approximate surface area is 237 Å². The van der Waals surface area contributed by atoms with Crippen molar-refractivity contribution in [1.82, 2.24) is 34.8 Å². The van der Waals surface area contributed by atoms with E-state index in [0.717, 1.165) is 58.4 Å². The first kappa shape index (κ1) is 26.4. The number of nitrogens with zero attached hydrogens (tertiary/aromatic N) is 6. The molecule has 9 nitrogen and oxygen atoms in total. The molecule has 0 saturated carbocycles. The number of benzene rings is 2. The molecule has 3 aromatic heterocycles. The molecule has 4 heterocycles. The summed E-state index contributed by atoms with van der Waals surface area (Å²) in [5.41, 5.74) is 5.53. The van der Waals surface area contributed by atoms with Gasteiger partial charge in [0.25, 0.3) is 0 Å². The number of carbonyl (C=O) groups excluding carboxylic acids is 1. The largest absolute Gasteiger partial charge is 0.383 e. The van der Waals surface area contributed by atoms with Crippen LogP contribution in [-0.2, 0) is 23.0 Å². The molecule has 40 heavy (non-hydrogen) atoms. The maximum Gasteiger partial charge on any atom is 0.226 e. The average Bonchev–Trinajstić information content (AvgIpc) is 3.74. The van der Waals surface area contributed by atoms with E-state index in [2.05, 4.69) is 21.4 Å². The smallest absolute Gasteiger partial charge is 0.226 e. The van der Waals surface area contributed by atoms with Crippen LogP contribution < -0.4 is 5.32 Å². The molecule has 1 saturated heterocycles. The summed E-state index contributed by atoms with van der Waals surface area (Å²) in [6.45, 7) is 5.09. The van der Waals surface area contributed by atoms with Crippen LogP contribution in [0.25, 0.3) is 27.2 Å². The van der Waals surface area contributed by atoms with Gasteiger partial charge in [-0.1, -0.05) is 30.3 Å². The maximum absolute atomic E-state index is 13.7. The van der Waals surface area contributed by atoms with Gasteiger partial charge in [-0.15, -0.1) is 11.3 Å². The van der Waals surface area contributed by atoms with Crippen molar-refractivity contribution in [2.24, 2.45) is 7.05 Å². The van der Waals surface area contributed by atoms with Crippen LogP contribution in [-0.4, -0.2) is 74.7 Å². The van der Waals surface area contributed by atoms with Crippen LogP contribution >= 0.6 is 11.3 Å². The van der Waals surface area contributed by atoms with Gasteiger partial charge < -0.3 is 10.1 Å². The molecule has 10 heteroatoms. The van der Waals surface area contributed by atoms with E-state index in [4.69, 9.17) is 14.8 Å². The zero-order chi connectivity index (χ0) is 27.6. The van der Waals surface area contributed by atoms with Crippen molar-refractivity contribution >= 4 is 27.5 Å². The Kier molecular flexibility index (Phi) is 7.46. The summed E-state index contributed by atoms with van der Waals surface area (Å²) in [4.78, 5) is 21.0. The van der Waals surface area contributed by atoms with Crippen LogP contribution in [0.5, 0.6) is 0 Å². The number of rotatable bonds is 9. The summed E-state index contributed by atoms with van der Waals surface area (Å²) in [5, 5.41) is 13.7. The molecule has 1 aliphatic rings. The zero-order valence-corrected chi connectivity index (χ0v) is 23.8. The number of thiazole rings is 1. The molecule has 0 spiro atoms. The van der Waals surface area contributed by atoms with Crippen molar-refractivity contribution in [2.75, 3.05) is 33.4 Å². The molecule has 0 bridgehead atoms. The van der Waals surface area contributed by atoms with E-state index in [-0.39, 0.29) is 24.3 Å². The van der Waals surface area contributed by atoms with Gasteiger partial charge in [0, 0.05) is 51.5 Å². The standard InChI is InChI=1S/C30H33N7O2S/c1-20-26(37(22-9-5-4-6-10-22)34-29(20)21-16-31-35(2)17-21)15-28(38)32-25-19-36(13-14-39-3)18-23(25)30-33-24-11-7-8-12-27(24)40-30/h4-12,16-17,23,25H,13-15,18-19H2,1-3H3,(H,32,38)/t23-,25-/m1/s1. The van der Waals surface area contributed by atoms with E-state index < -0.39 is 0 Å². The number of para-hydroxylation sites is 2. The topological polar surface area (TPSA) is 90.1 Å². The lowest BCUT2D eigenvalue weighted by atomic mass is 10.0. The Morgan fingerprint density at radius 3 is 2.67 bits per heavy atom. The van der Waals surface area contributed by atoms with Gasteiger partial charge in [0.15, 0.2) is 0 Å². The first-order valence-corrected chi connectivity index (χ1v) is 14.3. The fourth-order valence-electron chi connectivity index (χ4n) is 5.48. The highest BCUT2D eigenvalue weighted by atomic mass is 32.1. The lowest BCUT2D eigenvalue weighted by Gasteiger charge is -2.19.